The molecule has 0 amide bonds. The lowest BCUT2D eigenvalue weighted by atomic mass is 10.0. The summed E-state index contributed by atoms with van der Waals surface area (Å²) >= 11 is 0. The molecule has 0 bridgehead atoms. The van der Waals surface area contributed by atoms with E-state index < -0.39 is 0 Å². The number of hydrogen-bond acceptors (Lipinski definition) is 3. The maximum Gasteiger partial charge on any atom is 0.0105 e. The van der Waals surface area contributed by atoms with Crippen LogP contribution in [-0.4, -0.2) is 62.2 Å². The first kappa shape index (κ1) is 17.9. The maximum atomic E-state index is 3.54. The molecule has 1 N–H and O–H groups in total. The molecule has 0 aliphatic heterocycles. The van der Waals surface area contributed by atoms with E-state index in [0.717, 1.165) is 13.1 Å². The van der Waals surface area contributed by atoms with E-state index in [-0.39, 0.29) is 0 Å². The third-order valence-corrected chi connectivity index (χ3v) is 3.70. The van der Waals surface area contributed by atoms with Gasteiger partial charge in [-0.15, -0.1) is 0 Å². The van der Waals surface area contributed by atoms with Gasteiger partial charge in [-0.2, -0.15) is 0 Å². The Morgan fingerprint density at radius 3 is 2.06 bits per heavy atom. The van der Waals surface area contributed by atoms with Crippen LogP contribution < -0.4 is 5.32 Å². The summed E-state index contributed by atoms with van der Waals surface area (Å²) in [4.78, 5) is 4.87. The van der Waals surface area contributed by atoms with Crippen LogP contribution in [0.15, 0.2) is 0 Å². The molecule has 0 aliphatic rings. The highest BCUT2D eigenvalue weighted by molar-refractivity contribution is 4.74. The molecule has 0 fully saturated rings. The summed E-state index contributed by atoms with van der Waals surface area (Å²) in [7, 11) is 4.30. The molecule has 2 unspecified atom stereocenters. The Bertz CT molecular complexity index is 192. The van der Waals surface area contributed by atoms with Gasteiger partial charge >= 0.3 is 0 Å². The normalized spacial score (nSPS) is 15.7. The Kier molecular flexibility index (Phi) is 9.70. The lowest BCUT2D eigenvalue weighted by molar-refractivity contribution is 0.159. The zero-order valence-electron chi connectivity index (χ0n) is 13.7. The highest BCUT2D eigenvalue weighted by Crippen LogP contribution is 2.11. The highest BCUT2D eigenvalue weighted by atomic mass is 15.2. The van der Waals surface area contributed by atoms with Crippen molar-refractivity contribution >= 4 is 0 Å². The average molecular weight is 257 g/mol. The van der Waals surface area contributed by atoms with E-state index in [0.29, 0.717) is 18.0 Å². The van der Waals surface area contributed by atoms with Crippen LogP contribution in [0.2, 0.25) is 0 Å². The van der Waals surface area contributed by atoms with Crippen LogP contribution in [0.3, 0.4) is 0 Å². The van der Waals surface area contributed by atoms with E-state index in [2.05, 4.69) is 63.8 Å². The summed E-state index contributed by atoms with van der Waals surface area (Å²) in [5, 5.41) is 3.54. The number of hydrogen-bond donors (Lipinski definition) is 1. The van der Waals surface area contributed by atoms with Crippen LogP contribution in [0.5, 0.6) is 0 Å². The van der Waals surface area contributed by atoms with Gasteiger partial charge in [0.05, 0.1) is 0 Å². The van der Waals surface area contributed by atoms with Crippen LogP contribution in [-0.2, 0) is 0 Å². The number of rotatable bonds is 10. The zero-order chi connectivity index (χ0) is 14.1. The molecule has 18 heavy (non-hydrogen) atoms. The van der Waals surface area contributed by atoms with Crippen molar-refractivity contribution in [2.75, 3.05) is 40.3 Å². The highest BCUT2D eigenvalue weighted by Gasteiger charge is 2.18. The van der Waals surface area contributed by atoms with Gasteiger partial charge in [0.15, 0.2) is 0 Å². The van der Waals surface area contributed by atoms with Gasteiger partial charge in [-0.1, -0.05) is 27.7 Å². The third kappa shape index (κ3) is 8.06. The molecule has 0 saturated heterocycles. The topological polar surface area (TPSA) is 18.5 Å². The molecule has 0 aromatic heterocycles. The van der Waals surface area contributed by atoms with Gasteiger partial charge in [-0.3, -0.25) is 0 Å². The standard InChI is InChI=1S/C15H35N3/c1-8-18(11-9-10-17(6)7)15(5)14(4)12-16-13(2)3/h13-16H,8-12H2,1-7H3. The van der Waals surface area contributed by atoms with Crippen LogP contribution in [0.1, 0.15) is 41.0 Å². The summed E-state index contributed by atoms with van der Waals surface area (Å²) in [6.45, 7) is 16.1. The second kappa shape index (κ2) is 9.76. The monoisotopic (exact) mass is 257 g/mol. The fourth-order valence-corrected chi connectivity index (χ4v) is 2.19. The minimum atomic E-state index is 0.587. The quantitative estimate of drug-likeness (QED) is 0.648. The van der Waals surface area contributed by atoms with Crippen molar-refractivity contribution in [3.63, 3.8) is 0 Å². The van der Waals surface area contributed by atoms with Gasteiger partial charge in [-0.05, 0) is 59.5 Å². The smallest absolute Gasteiger partial charge is 0.0105 e. The molecule has 0 aromatic rings. The second-order valence-electron chi connectivity index (χ2n) is 6.07. The Balaban J connectivity index is 4.03. The molecule has 0 spiro atoms. The van der Waals surface area contributed by atoms with E-state index in [1.54, 1.807) is 0 Å². The second-order valence-corrected chi connectivity index (χ2v) is 6.07. The molecule has 0 aliphatic carbocycles. The molecule has 0 heterocycles. The molecule has 3 heteroatoms. The lowest BCUT2D eigenvalue weighted by Crippen LogP contribution is -2.43. The molecule has 0 aromatic carbocycles. The molecule has 3 nitrogen and oxygen atoms in total. The van der Waals surface area contributed by atoms with Crippen molar-refractivity contribution in [1.29, 1.82) is 0 Å². The van der Waals surface area contributed by atoms with E-state index in [4.69, 9.17) is 0 Å². The van der Waals surface area contributed by atoms with Gasteiger partial charge < -0.3 is 15.1 Å². The average Bonchev–Trinajstić information content (AvgIpc) is 2.30. The van der Waals surface area contributed by atoms with Crippen LogP contribution in [0, 0.1) is 5.92 Å². The first-order chi connectivity index (χ1) is 8.38. The number of nitrogens with one attached hydrogen (secondary N) is 1. The number of nitrogens with zero attached hydrogens (tertiary/aromatic N) is 2. The Hall–Kier alpha value is -0.120. The molecule has 0 saturated carbocycles. The van der Waals surface area contributed by atoms with Crippen LogP contribution in [0.25, 0.3) is 0 Å². The van der Waals surface area contributed by atoms with Gasteiger partial charge in [0.25, 0.3) is 0 Å². The molecule has 0 radical (unpaired) electrons. The Labute approximate surface area is 115 Å². The van der Waals surface area contributed by atoms with Gasteiger partial charge in [-0.25, -0.2) is 0 Å². The first-order valence-electron chi connectivity index (χ1n) is 7.50. The minimum Gasteiger partial charge on any atom is -0.314 e. The molecular formula is C15H35N3. The largest absolute Gasteiger partial charge is 0.314 e. The fraction of sp³-hybridized carbons (Fsp3) is 1.00. The van der Waals surface area contributed by atoms with Crippen molar-refractivity contribution in [1.82, 2.24) is 15.1 Å². The fourth-order valence-electron chi connectivity index (χ4n) is 2.19. The molecule has 2 atom stereocenters. The van der Waals surface area contributed by atoms with E-state index in [1.165, 1.54) is 19.5 Å². The van der Waals surface area contributed by atoms with Gasteiger partial charge in [0.1, 0.15) is 0 Å². The predicted octanol–water partition coefficient (Wildman–Crippen LogP) is 2.28. The Morgan fingerprint density at radius 2 is 1.61 bits per heavy atom. The third-order valence-electron chi connectivity index (χ3n) is 3.70. The SMILES string of the molecule is CCN(CCCN(C)C)C(C)C(C)CNC(C)C. The predicted molar refractivity (Wildman–Crippen MR) is 82.2 cm³/mol. The van der Waals surface area contributed by atoms with Gasteiger partial charge in [0.2, 0.25) is 0 Å². The summed E-state index contributed by atoms with van der Waals surface area (Å²) in [5.74, 6) is 0.701. The summed E-state index contributed by atoms with van der Waals surface area (Å²) in [6.07, 6.45) is 1.26. The van der Waals surface area contributed by atoms with Crippen molar-refractivity contribution in [3.05, 3.63) is 0 Å². The van der Waals surface area contributed by atoms with Crippen LogP contribution in [0.4, 0.5) is 0 Å². The molecular weight excluding hydrogens is 222 g/mol. The first-order valence-corrected chi connectivity index (χ1v) is 7.50. The van der Waals surface area contributed by atoms with E-state index in [1.807, 2.05) is 0 Å². The summed E-state index contributed by atoms with van der Waals surface area (Å²) in [6, 6.07) is 1.24. The summed E-state index contributed by atoms with van der Waals surface area (Å²) < 4.78 is 0. The van der Waals surface area contributed by atoms with Crippen molar-refractivity contribution in [3.8, 4) is 0 Å². The summed E-state index contributed by atoms with van der Waals surface area (Å²) in [5.41, 5.74) is 0. The Morgan fingerprint density at radius 1 is 1.00 bits per heavy atom. The van der Waals surface area contributed by atoms with Gasteiger partial charge in [0, 0.05) is 12.1 Å². The minimum absolute atomic E-state index is 0.587. The van der Waals surface area contributed by atoms with E-state index in [9.17, 15) is 0 Å². The zero-order valence-corrected chi connectivity index (χ0v) is 13.7. The maximum absolute atomic E-state index is 3.54. The van der Waals surface area contributed by atoms with Crippen LogP contribution >= 0.6 is 0 Å². The molecule has 110 valence electrons. The van der Waals surface area contributed by atoms with Crippen molar-refractivity contribution in [2.45, 2.75) is 53.1 Å². The lowest BCUT2D eigenvalue weighted by Gasteiger charge is -2.33. The van der Waals surface area contributed by atoms with Crippen molar-refractivity contribution in [2.24, 2.45) is 5.92 Å². The molecule has 0 rings (SSSR count). The van der Waals surface area contributed by atoms with E-state index >= 15 is 0 Å². The van der Waals surface area contributed by atoms with Crippen molar-refractivity contribution < 1.29 is 0 Å².